The van der Waals surface area contributed by atoms with Gasteiger partial charge in [0, 0.05) is 11.4 Å². The van der Waals surface area contributed by atoms with Crippen molar-refractivity contribution in [3.8, 4) is 5.75 Å². The van der Waals surface area contributed by atoms with Crippen LogP contribution in [-0.2, 0) is 10.0 Å². The lowest BCUT2D eigenvalue weighted by Crippen LogP contribution is -2.28. The molecule has 0 fully saturated rings. The Kier molecular flexibility index (Phi) is 6.28. The van der Waals surface area contributed by atoms with Gasteiger partial charge in [0.25, 0.3) is 0 Å². The third-order valence-electron chi connectivity index (χ3n) is 3.64. The summed E-state index contributed by atoms with van der Waals surface area (Å²) >= 11 is 1.61. The van der Waals surface area contributed by atoms with Crippen LogP contribution < -0.4 is 9.46 Å². The lowest BCUT2D eigenvalue weighted by molar-refractivity contribution is 0.182. The molecule has 0 amide bonds. The fourth-order valence-electron chi connectivity index (χ4n) is 2.23. The van der Waals surface area contributed by atoms with Crippen molar-refractivity contribution in [3.63, 3.8) is 0 Å². The minimum Gasteiger partial charge on any atom is -0.496 e. The Hall–Kier alpha value is -1.54. The van der Waals surface area contributed by atoms with Crippen molar-refractivity contribution < 1.29 is 18.3 Å². The Bertz CT molecular complexity index is 789. The van der Waals surface area contributed by atoms with E-state index in [1.54, 1.807) is 43.0 Å². The maximum atomic E-state index is 12.4. The van der Waals surface area contributed by atoms with Crippen LogP contribution in [0.25, 0.3) is 0 Å². The molecule has 0 radical (unpaired) electrons. The lowest BCUT2D eigenvalue weighted by atomic mass is 10.1. The minimum atomic E-state index is -3.69. The topological polar surface area (TPSA) is 75.6 Å². The first-order valence-electron chi connectivity index (χ1n) is 7.33. The number of thioether (sulfide) groups is 1. The Labute approximate surface area is 147 Å². The molecule has 0 aliphatic rings. The van der Waals surface area contributed by atoms with Crippen molar-refractivity contribution in [1.29, 1.82) is 0 Å². The standard InChI is InChI=1S/C17H21NO4S2/c1-12-10-15(8-9-17(12)22-2)24(20,21)18-11-16(19)13-4-6-14(23-3)7-5-13/h4-10,16,18-19H,11H2,1-3H3/t16-/m0/s1. The molecule has 2 aromatic carbocycles. The van der Waals surface area contributed by atoms with E-state index >= 15 is 0 Å². The Morgan fingerprint density at radius 1 is 1.21 bits per heavy atom. The molecule has 0 aliphatic carbocycles. The van der Waals surface area contributed by atoms with Crippen LogP contribution in [0.1, 0.15) is 17.2 Å². The molecule has 0 bridgehead atoms. The molecular formula is C17H21NO4S2. The number of ether oxygens (including phenoxy) is 1. The van der Waals surface area contributed by atoms with E-state index in [1.165, 1.54) is 13.2 Å². The summed E-state index contributed by atoms with van der Waals surface area (Å²) in [5.41, 5.74) is 1.40. The van der Waals surface area contributed by atoms with Gasteiger partial charge < -0.3 is 9.84 Å². The van der Waals surface area contributed by atoms with Crippen LogP contribution in [0.2, 0.25) is 0 Å². The van der Waals surface area contributed by atoms with Gasteiger partial charge in [-0.25, -0.2) is 13.1 Å². The molecule has 0 aromatic heterocycles. The number of sulfonamides is 1. The van der Waals surface area contributed by atoms with Crippen LogP contribution in [0.4, 0.5) is 0 Å². The molecule has 1 atom stereocenters. The average molecular weight is 367 g/mol. The predicted molar refractivity (Wildman–Crippen MR) is 96.1 cm³/mol. The summed E-state index contributed by atoms with van der Waals surface area (Å²) in [6, 6.07) is 12.0. The van der Waals surface area contributed by atoms with Gasteiger partial charge in [0.05, 0.1) is 18.1 Å². The highest BCUT2D eigenvalue weighted by Gasteiger charge is 2.17. The van der Waals surface area contributed by atoms with Crippen LogP contribution in [0.15, 0.2) is 52.3 Å². The number of benzene rings is 2. The van der Waals surface area contributed by atoms with Gasteiger partial charge >= 0.3 is 0 Å². The first-order chi connectivity index (χ1) is 11.4. The van der Waals surface area contributed by atoms with E-state index in [1.807, 2.05) is 18.4 Å². The molecule has 0 spiro atoms. The van der Waals surface area contributed by atoms with E-state index in [4.69, 9.17) is 4.74 Å². The Balaban J connectivity index is 2.07. The number of rotatable bonds is 7. The number of aliphatic hydroxyl groups excluding tert-OH is 1. The van der Waals surface area contributed by atoms with Crippen molar-refractivity contribution in [3.05, 3.63) is 53.6 Å². The molecule has 0 saturated heterocycles. The minimum absolute atomic E-state index is 0.0912. The van der Waals surface area contributed by atoms with Crippen molar-refractivity contribution in [2.75, 3.05) is 19.9 Å². The maximum absolute atomic E-state index is 12.4. The zero-order valence-electron chi connectivity index (χ0n) is 13.8. The highest BCUT2D eigenvalue weighted by atomic mass is 32.2. The largest absolute Gasteiger partial charge is 0.496 e. The van der Waals surface area contributed by atoms with Gasteiger partial charge in [0.15, 0.2) is 0 Å². The lowest BCUT2D eigenvalue weighted by Gasteiger charge is -2.14. The third kappa shape index (κ3) is 4.51. The van der Waals surface area contributed by atoms with E-state index in [-0.39, 0.29) is 11.4 Å². The number of aliphatic hydroxyl groups is 1. The van der Waals surface area contributed by atoms with Crippen molar-refractivity contribution in [2.24, 2.45) is 0 Å². The molecule has 0 saturated carbocycles. The normalized spacial score (nSPS) is 12.8. The molecule has 130 valence electrons. The van der Waals surface area contributed by atoms with Crippen molar-refractivity contribution >= 4 is 21.8 Å². The summed E-state index contributed by atoms with van der Waals surface area (Å²) in [5, 5.41) is 10.2. The van der Waals surface area contributed by atoms with Gasteiger partial charge in [-0.3, -0.25) is 0 Å². The van der Waals surface area contributed by atoms with E-state index in [9.17, 15) is 13.5 Å². The highest BCUT2D eigenvalue weighted by molar-refractivity contribution is 7.98. The molecule has 5 nitrogen and oxygen atoms in total. The molecule has 2 rings (SSSR count). The van der Waals surface area contributed by atoms with Gasteiger partial charge in [0.1, 0.15) is 5.75 Å². The zero-order chi connectivity index (χ0) is 17.7. The van der Waals surface area contributed by atoms with Crippen molar-refractivity contribution in [1.82, 2.24) is 4.72 Å². The molecular weight excluding hydrogens is 346 g/mol. The number of nitrogens with one attached hydrogen (secondary N) is 1. The van der Waals surface area contributed by atoms with E-state index in [2.05, 4.69) is 4.72 Å². The summed E-state index contributed by atoms with van der Waals surface area (Å²) in [4.78, 5) is 1.23. The van der Waals surface area contributed by atoms with Gasteiger partial charge in [-0.05, 0) is 54.6 Å². The molecule has 24 heavy (non-hydrogen) atoms. The van der Waals surface area contributed by atoms with E-state index in [0.29, 0.717) is 11.3 Å². The van der Waals surface area contributed by atoms with Crippen LogP contribution in [0.5, 0.6) is 5.75 Å². The van der Waals surface area contributed by atoms with Crippen LogP contribution >= 0.6 is 11.8 Å². The first-order valence-corrected chi connectivity index (χ1v) is 10.0. The quantitative estimate of drug-likeness (QED) is 0.736. The molecule has 0 heterocycles. The third-order valence-corrected chi connectivity index (χ3v) is 5.81. The van der Waals surface area contributed by atoms with Crippen LogP contribution in [0.3, 0.4) is 0 Å². The van der Waals surface area contributed by atoms with Crippen molar-refractivity contribution in [2.45, 2.75) is 22.8 Å². The van der Waals surface area contributed by atoms with Gasteiger partial charge in [-0.2, -0.15) is 0 Å². The summed E-state index contributed by atoms with van der Waals surface area (Å²) in [7, 11) is -2.16. The second kappa shape index (κ2) is 8.02. The fourth-order valence-corrected chi connectivity index (χ4v) is 3.77. The summed E-state index contributed by atoms with van der Waals surface area (Å²) in [6.45, 7) is 1.69. The summed E-state index contributed by atoms with van der Waals surface area (Å²) in [6.07, 6.45) is 1.06. The molecule has 0 unspecified atom stereocenters. The van der Waals surface area contributed by atoms with Crippen LogP contribution in [0, 0.1) is 6.92 Å². The van der Waals surface area contributed by atoms with Crippen LogP contribution in [-0.4, -0.2) is 33.4 Å². The Morgan fingerprint density at radius 2 is 1.88 bits per heavy atom. The number of methoxy groups -OCH3 is 1. The van der Waals surface area contributed by atoms with Gasteiger partial charge in [0.2, 0.25) is 10.0 Å². The predicted octanol–water partition coefficient (Wildman–Crippen LogP) is 2.74. The fraction of sp³-hybridized carbons (Fsp3) is 0.294. The van der Waals surface area contributed by atoms with E-state index in [0.717, 1.165) is 10.5 Å². The maximum Gasteiger partial charge on any atom is 0.240 e. The molecule has 2 N–H and O–H groups in total. The van der Waals surface area contributed by atoms with Gasteiger partial charge in [-0.1, -0.05) is 12.1 Å². The molecule has 0 aliphatic heterocycles. The second-order valence-electron chi connectivity index (χ2n) is 5.27. The highest BCUT2D eigenvalue weighted by Crippen LogP contribution is 2.22. The van der Waals surface area contributed by atoms with E-state index < -0.39 is 16.1 Å². The summed E-state index contributed by atoms with van der Waals surface area (Å²) < 4.78 is 32.3. The Morgan fingerprint density at radius 3 is 2.42 bits per heavy atom. The zero-order valence-corrected chi connectivity index (χ0v) is 15.4. The number of hydrogen-bond donors (Lipinski definition) is 2. The molecule has 2 aromatic rings. The monoisotopic (exact) mass is 367 g/mol. The second-order valence-corrected chi connectivity index (χ2v) is 7.92. The SMILES string of the molecule is COc1ccc(S(=O)(=O)NC[C@H](O)c2ccc(SC)cc2)cc1C. The smallest absolute Gasteiger partial charge is 0.240 e. The number of hydrogen-bond acceptors (Lipinski definition) is 5. The van der Waals surface area contributed by atoms with Gasteiger partial charge in [-0.15, -0.1) is 11.8 Å². The summed E-state index contributed by atoms with van der Waals surface area (Å²) in [5.74, 6) is 0.628. The first kappa shape index (κ1) is 18.8. The number of aryl methyl sites for hydroxylation is 1. The molecule has 7 heteroatoms. The average Bonchev–Trinajstić information content (AvgIpc) is 2.59.